The molecule has 1 aliphatic heterocycles. The molecule has 0 spiro atoms. The third-order valence-electron chi connectivity index (χ3n) is 4.49. The van der Waals surface area contributed by atoms with Crippen LogP contribution in [0, 0.1) is 5.92 Å². The van der Waals surface area contributed by atoms with E-state index in [1.54, 1.807) is 25.2 Å². The van der Waals surface area contributed by atoms with Crippen molar-refractivity contribution < 1.29 is 19.1 Å². The van der Waals surface area contributed by atoms with Crippen molar-refractivity contribution in [3.05, 3.63) is 57.8 Å². The van der Waals surface area contributed by atoms with Crippen LogP contribution in [-0.4, -0.2) is 30.1 Å². The second kappa shape index (κ2) is 8.47. The second-order valence-electron chi connectivity index (χ2n) is 6.17. The van der Waals surface area contributed by atoms with Gasteiger partial charge in [0.25, 0.3) is 0 Å². The van der Waals surface area contributed by atoms with Crippen molar-refractivity contribution in [3.63, 3.8) is 0 Å². The lowest BCUT2D eigenvalue weighted by molar-refractivity contribution is -0.165. The number of hydrogen-bond donors (Lipinski definition) is 0. The summed E-state index contributed by atoms with van der Waals surface area (Å²) < 4.78 is 10.4. The smallest absolute Gasteiger partial charge is 0.322 e. The molecule has 0 radical (unpaired) electrons. The standard InChI is InChI=1S/C20H23NO4S/c1-3-24-19(22)17(20(23)25-4-2)18-16-13-26-12-15(16)11-21(18)10-14-8-6-5-7-9-14/h5-9,12-13,17-18H,3-4,10-11H2,1-2H3. The van der Waals surface area contributed by atoms with E-state index in [2.05, 4.69) is 10.3 Å². The molecular formula is C20H23NO4S. The molecule has 138 valence electrons. The lowest BCUT2D eigenvalue weighted by Gasteiger charge is -2.29. The van der Waals surface area contributed by atoms with Gasteiger partial charge in [0.05, 0.1) is 19.3 Å². The van der Waals surface area contributed by atoms with Gasteiger partial charge in [-0.25, -0.2) is 0 Å². The predicted octanol–water partition coefficient (Wildman–Crippen LogP) is 3.55. The van der Waals surface area contributed by atoms with Crippen LogP contribution in [0.4, 0.5) is 0 Å². The number of hydrogen-bond acceptors (Lipinski definition) is 6. The van der Waals surface area contributed by atoms with Crippen molar-refractivity contribution in [2.45, 2.75) is 33.0 Å². The number of fused-ring (bicyclic) bond motifs is 1. The van der Waals surface area contributed by atoms with Crippen LogP contribution in [0.25, 0.3) is 0 Å². The molecule has 1 aromatic carbocycles. The van der Waals surface area contributed by atoms with Crippen LogP contribution in [0.1, 0.15) is 36.6 Å². The number of rotatable bonds is 7. The highest BCUT2D eigenvalue weighted by Crippen LogP contribution is 2.42. The molecule has 6 heteroatoms. The van der Waals surface area contributed by atoms with E-state index in [0.29, 0.717) is 13.1 Å². The van der Waals surface area contributed by atoms with Gasteiger partial charge in [-0.15, -0.1) is 0 Å². The zero-order chi connectivity index (χ0) is 18.5. The molecule has 3 rings (SSSR count). The monoisotopic (exact) mass is 373 g/mol. The molecule has 1 unspecified atom stereocenters. The molecule has 1 aliphatic rings. The Labute approximate surface area is 157 Å². The molecule has 2 heterocycles. The molecule has 1 aromatic heterocycles. The van der Waals surface area contributed by atoms with Crippen molar-refractivity contribution in [2.24, 2.45) is 5.92 Å². The quantitative estimate of drug-likeness (QED) is 0.549. The van der Waals surface area contributed by atoms with Crippen molar-refractivity contribution >= 4 is 23.3 Å². The largest absolute Gasteiger partial charge is 0.465 e. The molecular weight excluding hydrogens is 350 g/mol. The minimum atomic E-state index is -0.977. The lowest BCUT2D eigenvalue weighted by atomic mass is 9.94. The highest BCUT2D eigenvalue weighted by atomic mass is 32.1. The van der Waals surface area contributed by atoms with E-state index in [4.69, 9.17) is 9.47 Å². The number of benzene rings is 1. The highest BCUT2D eigenvalue weighted by molar-refractivity contribution is 7.08. The first-order valence-corrected chi connectivity index (χ1v) is 9.76. The molecule has 0 saturated heterocycles. The first-order valence-electron chi connectivity index (χ1n) is 8.81. The fourth-order valence-electron chi connectivity index (χ4n) is 3.42. The maximum Gasteiger partial charge on any atom is 0.322 e. The van der Waals surface area contributed by atoms with E-state index in [1.165, 1.54) is 0 Å². The summed E-state index contributed by atoms with van der Waals surface area (Å²) in [5.41, 5.74) is 3.32. The van der Waals surface area contributed by atoms with Crippen LogP contribution in [0.5, 0.6) is 0 Å². The Morgan fingerprint density at radius 1 is 1.12 bits per heavy atom. The molecule has 0 fully saturated rings. The van der Waals surface area contributed by atoms with Crippen LogP contribution in [0.3, 0.4) is 0 Å². The Kier molecular flexibility index (Phi) is 6.06. The Morgan fingerprint density at radius 2 is 1.77 bits per heavy atom. The van der Waals surface area contributed by atoms with E-state index in [-0.39, 0.29) is 19.3 Å². The number of carbonyl (C=O) groups is 2. The van der Waals surface area contributed by atoms with Crippen molar-refractivity contribution in [1.82, 2.24) is 4.90 Å². The van der Waals surface area contributed by atoms with Crippen LogP contribution in [-0.2, 0) is 32.2 Å². The van der Waals surface area contributed by atoms with Crippen molar-refractivity contribution in [2.75, 3.05) is 13.2 Å². The van der Waals surface area contributed by atoms with Crippen LogP contribution < -0.4 is 0 Å². The fourth-order valence-corrected chi connectivity index (χ4v) is 4.30. The number of esters is 2. The average Bonchev–Trinajstić information content (AvgIpc) is 3.19. The van der Waals surface area contributed by atoms with Crippen LogP contribution in [0.2, 0.25) is 0 Å². The topological polar surface area (TPSA) is 55.8 Å². The van der Waals surface area contributed by atoms with Gasteiger partial charge in [-0.05, 0) is 41.3 Å². The molecule has 0 bridgehead atoms. The summed E-state index contributed by atoms with van der Waals surface area (Å²) in [5, 5.41) is 4.11. The first-order chi connectivity index (χ1) is 12.7. The summed E-state index contributed by atoms with van der Waals surface area (Å²) in [4.78, 5) is 27.4. The third kappa shape index (κ3) is 3.81. The minimum absolute atomic E-state index is 0.233. The Bertz CT molecular complexity index is 740. The van der Waals surface area contributed by atoms with Gasteiger partial charge in [0.1, 0.15) is 0 Å². The fraction of sp³-hybridized carbons (Fsp3) is 0.400. The zero-order valence-electron chi connectivity index (χ0n) is 15.0. The number of nitrogens with zero attached hydrogens (tertiary/aromatic N) is 1. The van der Waals surface area contributed by atoms with E-state index < -0.39 is 17.9 Å². The molecule has 5 nitrogen and oxygen atoms in total. The average molecular weight is 373 g/mol. The maximum atomic E-state index is 12.6. The van der Waals surface area contributed by atoms with E-state index >= 15 is 0 Å². The molecule has 1 atom stereocenters. The summed E-state index contributed by atoms with van der Waals surface area (Å²) in [6.45, 7) is 5.31. The molecule has 0 N–H and O–H groups in total. The molecule has 2 aromatic rings. The highest BCUT2D eigenvalue weighted by Gasteiger charge is 2.45. The number of thiophene rings is 1. The molecule has 26 heavy (non-hydrogen) atoms. The van der Waals surface area contributed by atoms with Crippen molar-refractivity contribution in [1.29, 1.82) is 0 Å². The molecule has 0 aliphatic carbocycles. The van der Waals surface area contributed by atoms with Crippen LogP contribution >= 0.6 is 11.3 Å². The Morgan fingerprint density at radius 3 is 2.38 bits per heavy atom. The van der Waals surface area contributed by atoms with E-state index in [0.717, 1.165) is 16.7 Å². The SMILES string of the molecule is CCOC(=O)C(C(=O)OCC)C1c2cscc2CN1Cc1ccccc1. The summed E-state index contributed by atoms with van der Waals surface area (Å²) in [6.07, 6.45) is 0. The Hall–Kier alpha value is -2.18. The first kappa shape index (κ1) is 18.6. The van der Waals surface area contributed by atoms with Crippen LogP contribution in [0.15, 0.2) is 41.1 Å². The van der Waals surface area contributed by atoms with E-state index in [1.807, 2.05) is 35.7 Å². The zero-order valence-corrected chi connectivity index (χ0v) is 15.8. The van der Waals surface area contributed by atoms with Gasteiger partial charge in [-0.2, -0.15) is 11.3 Å². The van der Waals surface area contributed by atoms with Gasteiger partial charge in [-0.3, -0.25) is 14.5 Å². The normalized spacial score (nSPS) is 16.5. The summed E-state index contributed by atoms with van der Waals surface area (Å²) >= 11 is 1.59. The van der Waals surface area contributed by atoms with E-state index in [9.17, 15) is 9.59 Å². The lowest BCUT2D eigenvalue weighted by Crippen LogP contribution is -2.39. The molecule has 0 amide bonds. The number of ether oxygens (including phenoxy) is 2. The third-order valence-corrected chi connectivity index (χ3v) is 5.30. The summed E-state index contributed by atoms with van der Waals surface area (Å²) in [6, 6.07) is 9.68. The van der Waals surface area contributed by atoms with Gasteiger partial charge >= 0.3 is 11.9 Å². The number of carbonyl (C=O) groups excluding carboxylic acids is 2. The Balaban J connectivity index is 1.94. The van der Waals surface area contributed by atoms with Gasteiger partial charge in [0.2, 0.25) is 0 Å². The van der Waals surface area contributed by atoms with Gasteiger partial charge in [-0.1, -0.05) is 30.3 Å². The van der Waals surface area contributed by atoms with Crippen molar-refractivity contribution in [3.8, 4) is 0 Å². The van der Waals surface area contributed by atoms with Gasteiger partial charge in [0, 0.05) is 13.1 Å². The maximum absolute atomic E-state index is 12.6. The second-order valence-corrected chi connectivity index (χ2v) is 6.91. The predicted molar refractivity (Wildman–Crippen MR) is 99.5 cm³/mol. The summed E-state index contributed by atoms with van der Waals surface area (Å²) in [7, 11) is 0. The van der Waals surface area contributed by atoms with Gasteiger partial charge in [0.15, 0.2) is 5.92 Å². The van der Waals surface area contributed by atoms with Gasteiger partial charge < -0.3 is 9.47 Å². The molecule has 0 saturated carbocycles. The summed E-state index contributed by atoms with van der Waals surface area (Å²) in [5.74, 6) is -2.02. The minimum Gasteiger partial charge on any atom is -0.465 e.